The molecule has 0 radical (unpaired) electrons. The van der Waals surface area contributed by atoms with Crippen LogP contribution in [0.1, 0.15) is 11.1 Å². The van der Waals surface area contributed by atoms with E-state index in [2.05, 4.69) is 19.9 Å². The molecule has 2 heterocycles. The van der Waals surface area contributed by atoms with E-state index in [4.69, 9.17) is 11.1 Å². The number of fused-ring (bicyclic) bond motifs is 1. The fraction of sp³-hybridized carbons (Fsp3) is 0.0769. The average molecular weight is 284 g/mol. The average Bonchev–Trinajstić information content (AvgIpc) is 2.94. The van der Waals surface area contributed by atoms with Crippen molar-refractivity contribution in [3.8, 4) is 0 Å². The van der Waals surface area contributed by atoms with Gasteiger partial charge in [0.05, 0.1) is 6.33 Å². The van der Waals surface area contributed by atoms with Crippen LogP contribution in [0.3, 0.4) is 0 Å². The van der Waals surface area contributed by atoms with Crippen LogP contribution >= 0.6 is 11.8 Å². The van der Waals surface area contributed by atoms with Gasteiger partial charge in [-0.3, -0.25) is 5.41 Å². The lowest BCUT2D eigenvalue weighted by Crippen LogP contribution is -2.10. The first kappa shape index (κ1) is 12.6. The van der Waals surface area contributed by atoms with E-state index in [0.29, 0.717) is 5.65 Å². The first-order valence-electron chi connectivity index (χ1n) is 5.94. The number of nitrogen functional groups attached to an aromatic ring is 1. The molecule has 0 bridgehead atoms. The van der Waals surface area contributed by atoms with Gasteiger partial charge < -0.3 is 10.7 Å². The van der Waals surface area contributed by atoms with Crippen molar-refractivity contribution in [1.82, 2.24) is 19.9 Å². The van der Waals surface area contributed by atoms with Crippen LogP contribution in [0.4, 0.5) is 0 Å². The Morgan fingerprint density at radius 3 is 3.05 bits per heavy atom. The Morgan fingerprint density at radius 1 is 1.30 bits per heavy atom. The van der Waals surface area contributed by atoms with Crippen molar-refractivity contribution in [2.75, 3.05) is 0 Å². The Balaban J connectivity index is 1.81. The summed E-state index contributed by atoms with van der Waals surface area (Å²) < 4.78 is 0. The maximum atomic E-state index is 7.45. The van der Waals surface area contributed by atoms with Crippen LogP contribution in [0, 0.1) is 5.41 Å². The van der Waals surface area contributed by atoms with E-state index in [-0.39, 0.29) is 5.84 Å². The lowest BCUT2D eigenvalue weighted by molar-refractivity contribution is 1.08. The highest BCUT2D eigenvalue weighted by atomic mass is 32.2. The summed E-state index contributed by atoms with van der Waals surface area (Å²) in [5, 5.41) is 8.31. The maximum absolute atomic E-state index is 7.45. The minimum Gasteiger partial charge on any atom is -0.384 e. The largest absolute Gasteiger partial charge is 0.384 e. The zero-order valence-electron chi connectivity index (χ0n) is 10.5. The number of hydrogen-bond acceptors (Lipinski definition) is 5. The van der Waals surface area contributed by atoms with E-state index in [1.165, 1.54) is 6.33 Å². The number of H-pyrrole nitrogens is 1. The molecule has 0 atom stereocenters. The summed E-state index contributed by atoms with van der Waals surface area (Å²) in [4.78, 5) is 15.5. The van der Waals surface area contributed by atoms with Gasteiger partial charge >= 0.3 is 0 Å². The molecule has 0 amide bonds. The highest BCUT2D eigenvalue weighted by Gasteiger charge is 2.07. The summed E-state index contributed by atoms with van der Waals surface area (Å²) in [7, 11) is 0. The number of nitrogens with zero attached hydrogens (tertiary/aromatic N) is 3. The lowest BCUT2D eigenvalue weighted by atomic mass is 10.1. The maximum Gasteiger partial charge on any atom is 0.181 e. The number of amidine groups is 1. The van der Waals surface area contributed by atoms with E-state index >= 15 is 0 Å². The van der Waals surface area contributed by atoms with Crippen molar-refractivity contribution < 1.29 is 0 Å². The molecule has 3 aromatic rings. The Bertz CT molecular complexity index is 766. The molecule has 0 aliphatic carbocycles. The van der Waals surface area contributed by atoms with Crippen LogP contribution in [0.2, 0.25) is 0 Å². The predicted molar refractivity (Wildman–Crippen MR) is 78.7 cm³/mol. The number of thioether (sulfide) groups is 1. The molecule has 2 aromatic heterocycles. The third-order valence-corrected chi connectivity index (χ3v) is 3.86. The lowest BCUT2D eigenvalue weighted by Gasteiger charge is -2.04. The second-order valence-corrected chi connectivity index (χ2v) is 5.15. The van der Waals surface area contributed by atoms with Gasteiger partial charge in [-0.2, -0.15) is 0 Å². The van der Waals surface area contributed by atoms with Gasteiger partial charge in [-0.1, -0.05) is 30.0 Å². The molecule has 3 rings (SSSR count). The first-order chi connectivity index (χ1) is 9.74. The summed E-state index contributed by atoms with van der Waals surface area (Å²) >= 11 is 1.59. The number of nitrogens with one attached hydrogen (secondary N) is 2. The number of imidazole rings is 1. The van der Waals surface area contributed by atoms with Crippen LogP contribution in [0.15, 0.2) is 41.9 Å². The number of rotatable bonds is 4. The molecule has 0 aliphatic rings. The number of nitrogens with two attached hydrogens (primary N) is 1. The summed E-state index contributed by atoms with van der Waals surface area (Å²) in [5.41, 5.74) is 8.83. The summed E-state index contributed by atoms with van der Waals surface area (Å²) in [6.45, 7) is 0. The van der Waals surface area contributed by atoms with E-state index in [1.807, 2.05) is 24.3 Å². The van der Waals surface area contributed by atoms with Crippen molar-refractivity contribution in [2.45, 2.75) is 10.8 Å². The topological polar surface area (TPSA) is 104 Å². The second-order valence-electron chi connectivity index (χ2n) is 4.18. The van der Waals surface area contributed by atoms with E-state index in [1.54, 1.807) is 18.1 Å². The van der Waals surface area contributed by atoms with E-state index < -0.39 is 0 Å². The molecule has 4 N–H and O–H groups in total. The number of benzene rings is 1. The molecular weight excluding hydrogens is 272 g/mol. The summed E-state index contributed by atoms with van der Waals surface area (Å²) in [6, 6.07) is 7.65. The SMILES string of the molecule is N=C(N)c1cccc(CSc2ncnc3nc[nH]c23)c1. The van der Waals surface area contributed by atoms with E-state index in [0.717, 1.165) is 27.4 Å². The zero-order chi connectivity index (χ0) is 13.9. The monoisotopic (exact) mass is 284 g/mol. The van der Waals surface area contributed by atoms with Gasteiger partial charge in [-0.25, -0.2) is 15.0 Å². The fourth-order valence-electron chi connectivity index (χ4n) is 1.83. The zero-order valence-corrected chi connectivity index (χ0v) is 11.3. The Labute approximate surface area is 119 Å². The first-order valence-corrected chi connectivity index (χ1v) is 6.93. The molecule has 100 valence electrons. The van der Waals surface area contributed by atoms with E-state index in [9.17, 15) is 0 Å². The predicted octanol–water partition coefficient (Wildman–Crippen LogP) is 1.93. The van der Waals surface area contributed by atoms with Crippen molar-refractivity contribution in [1.29, 1.82) is 5.41 Å². The second kappa shape index (κ2) is 5.30. The number of aromatic nitrogens is 4. The smallest absolute Gasteiger partial charge is 0.181 e. The highest BCUT2D eigenvalue weighted by Crippen LogP contribution is 2.25. The van der Waals surface area contributed by atoms with Crippen LogP contribution in [-0.4, -0.2) is 25.8 Å². The van der Waals surface area contributed by atoms with Crippen LogP contribution in [0.25, 0.3) is 11.2 Å². The van der Waals surface area contributed by atoms with Crippen molar-refractivity contribution in [2.24, 2.45) is 5.73 Å². The number of aromatic amines is 1. The van der Waals surface area contributed by atoms with Crippen molar-refractivity contribution in [3.63, 3.8) is 0 Å². The quantitative estimate of drug-likeness (QED) is 0.294. The fourth-order valence-corrected chi connectivity index (χ4v) is 2.73. The Kier molecular flexibility index (Phi) is 3.34. The molecule has 0 aliphatic heterocycles. The molecule has 0 saturated carbocycles. The molecule has 0 unspecified atom stereocenters. The summed E-state index contributed by atoms with van der Waals surface area (Å²) in [6.07, 6.45) is 3.12. The number of hydrogen-bond donors (Lipinski definition) is 3. The molecular formula is C13H12N6S. The van der Waals surface area contributed by atoms with Gasteiger partial charge in [0.2, 0.25) is 0 Å². The minimum absolute atomic E-state index is 0.0786. The molecule has 0 saturated heterocycles. The third kappa shape index (κ3) is 2.48. The van der Waals surface area contributed by atoms with Gasteiger partial charge in [0.1, 0.15) is 22.7 Å². The summed E-state index contributed by atoms with van der Waals surface area (Å²) in [5.74, 6) is 0.821. The van der Waals surface area contributed by atoms with Crippen LogP contribution in [-0.2, 0) is 5.75 Å². The molecule has 20 heavy (non-hydrogen) atoms. The molecule has 6 nitrogen and oxygen atoms in total. The Morgan fingerprint density at radius 2 is 2.20 bits per heavy atom. The van der Waals surface area contributed by atoms with Crippen LogP contribution < -0.4 is 5.73 Å². The van der Waals surface area contributed by atoms with Crippen molar-refractivity contribution >= 4 is 28.8 Å². The minimum atomic E-state index is 0.0786. The van der Waals surface area contributed by atoms with Crippen LogP contribution in [0.5, 0.6) is 0 Å². The van der Waals surface area contributed by atoms with Gasteiger partial charge in [-0.15, -0.1) is 0 Å². The van der Waals surface area contributed by atoms with Gasteiger partial charge in [-0.05, 0) is 11.6 Å². The molecule has 7 heteroatoms. The molecule has 1 aromatic carbocycles. The van der Waals surface area contributed by atoms with Crippen molar-refractivity contribution in [3.05, 3.63) is 48.0 Å². The standard InChI is InChI=1S/C13H12N6S/c14-11(15)9-3-1-2-8(4-9)5-20-13-10-12(17-6-16-10)18-7-19-13/h1-4,6-7H,5H2,(H3,14,15)(H,16,17,18,19). The normalized spacial score (nSPS) is 10.8. The van der Waals surface area contributed by atoms with Gasteiger partial charge in [0.15, 0.2) is 5.65 Å². The highest BCUT2D eigenvalue weighted by molar-refractivity contribution is 7.98. The molecule has 0 fully saturated rings. The van der Waals surface area contributed by atoms with Gasteiger partial charge in [0, 0.05) is 11.3 Å². The van der Waals surface area contributed by atoms with Gasteiger partial charge in [0.25, 0.3) is 0 Å². The molecule has 0 spiro atoms. The third-order valence-electron chi connectivity index (χ3n) is 2.80. The Hall–Kier alpha value is -2.41.